The molecule has 18 heteroatoms. The van der Waals surface area contributed by atoms with Crippen LogP contribution in [0.3, 0.4) is 0 Å². The van der Waals surface area contributed by atoms with E-state index in [0.29, 0.717) is 41.5 Å². The molecule has 3 saturated heterocycles. The van der Waals surface area contributed by atoms with Crippen molar-refractivity contribution in [2.24, 2.45) is 0 Å². The summed E-state index contributed by atoms with van der Waals surface area (Å²) in [5.74, 6) is -1.99. The van der Waals surface area contributed by atoms with Gasteiger partial charge in [-0.15, -0.1) is 0 Å². The number of nitrogens with zero attached hydrogens (tertiary/aromatic N) is 9. The normalized spacial score (nSPS) is 19.2. The average Bonchev–Trinajstić information content (AvgIpc) is 3.71. The van der Waals surface area contributed by atoms with Gasteiger partial charge in [-0.25, -0.2) is 33.7 Å². The van der Waals surface area contributed by atoms with Crippen molar-refractivity contribution >= 4 is 57.8 Å². The standard InChI is InChI=1S/C42H44F2N12O4/c1-23(2)55-24(3)47-38-29(43)19-25(20-33(38)55)37-30(44)22-46-42(50-37)48-34-9-7-27(21-45-34)52-15-17-54(18-16-52)51-26-11-13-53(14-12-26)31-6-4-5-28-36(31)41(60)56(40(28)59)32-8-10-35(57)49-39(32)58/h4-7,9,19-23,26,32,51H,8,10-18H2,1-3H3,(H,49,57,58)(H,45,46,48,50)/t32-/m0/s1. The molecular formula is C42H44F2N12O4. The molecule has 0 radical (unpaired) electrons. The molecule has 4 aliphatic heterocycles. The predicted molar refractivity (Wildman–Crippen MR) is 219 cm³/mol. The highest BCUT2D eigenvalue weighted by Crippen LogP contribution is 2.36. The number of benzene rings is 2. The number of imide groups is 2. The van der Waals surface area contributed by atoms with Gasteiger partial charge in [0.05, 0.1) is 40.4 Å². The van der Waals surface area contributed by atoms with Crippen LogP contribution in [0, 0.1) is 18.6 Å². The Balaban J connectivity index is 0.779. The number of aromatic nitrogens is 5. The van der Waals surface area contributed by atoms with E-state index in [1.165, 1.54) is 6.07 Å². The summed E-state index contributed by atoms with van der Waals surface area (Å²) in [6.45, 7) is 10.3. The van der Waals surface area contributed by atoms with Gasteiger partial charge < -0.3 is 19.7 Å². The van der Waals surface area contributed by atoms with Gasteiger partial charge in [0, 0.05) is 63.3 Å². The first-order valence-electron chi connectivity index (χ1n) is 20.2. The summed E-state index contributed by atoms with van der Waals surface area (Å²) < 4.78 is 32.1. The topological polar surface area (TPSA) is 174 Å². The number of anilines is 4. The second-order valence-electron chi connectivity index (χ2n) is 15.9. The van der Waals surface area contributed by atoms with Crippen LogP contribution in [0.1, 0.15) is 72.1 Å². The van der Waals surface area contributed by atoms with Crippen molar-refractivity contribution in [1.29, 1.82) is 0 Å². The van der Waals surface area contributed by atoms with E-state index in [0.717, 1.165) is 55.8 Å². The van der Waals surface area contributed by atoms with E-state index in [-0.39, 0.29) is 53.2 Å². The third kappa shape index (κ3) is 7.19. The van der Waals surface area contributed by atoms with E-state index >= 15 is 8.78 Å². The number of carbonyl (C=O) groups excluding carboxylic acids is 4. The zero-order chi connectivity index (χ0) is 41.8. The Morgan fingerprint density at radius 2 is 1.62 bits per heavy atom. The van der Waals surface area contributed by atoms with Crippen LogP contribution < -0.4 is 25.9 Å². The molecule has 2 aromatic carbocycles. The number of hydrogen-bond donors (Lipinski definition) is 3. The van der Waals surface area contributed by atoms with Gasteiger partial charge in [0.15, 0.2) is 11.6 Å². The lowest BCUT2D eigenvalue weighted by Crippen LogP contribution is -2.56. The van der Waals surface area contributed by atoms with Crippen LogP contribution >= 0.6 is 0 Å². The number of imidazole rings is 1. The number of rotatable bonds is 9. The van der Waals surface area contributed by atoms with E-state index in [4.69, 9.17) is 0 Å². The third-order valence-electron chi connectivity index (χ3n) is 11.7. The van der Waals surface area contributed by atoms with Gasteiger partial charge in [-0.3, -0.25) is 34.8 Å². The molecule has 5 aromatic rings. The van der Waals surface area contributed by atoms with Gasteiger partial charge in [0.1, 0.15) is 28.9 Å². The minimum absolute atomic E-state index is 0.0285. The Morgan fingerprint density at radius 1 is 0.833 bits per heavy atom. The van der Waals surface area contributed by atoms with Crippen molar-refractivity contribution in [3.8, 4) is 11.3 Å². The van der Waals surface area contributed by atoms with Gasteiger partial charge in [0.2, 0.25) is 17.8 Å². The number of piperazine rings is 1. The van der Waals surface area contributed by atoms with E-state index in [9.17, 15) is 19.2 Å². The highest BCUT2D eigenvalue weighted by atomic mass is 19.1. The van der Waals surface area contributed by atoms with Crippen molar-refractivity contribution in [3.63, 3.8) is 0 Å². The van der Waals surface area contributed by atoms with Crippen LogP contribution in [-0.4, -0.2) is 109 Å². The zero-order valence-corrected chi connectivity index (χ0v) is 33.4. The Bertz CT molecular complexity index is 2530. The van der Waals surface area contributed by atoms with Crippen molar-refractivity contribution in [2.75, 3.05) is 54.4 Å². The Kier molecular flexibility index (Phi) is 10.2. The fourth-order valence-electron chi connectivity index (χ4n) is 8.81. The zero-order valence-electron chi connectivity index (χ0n) is 33.4. The lowest BCUT2D eigenvalue weighted by Gasteiger charge is -2.40. The number of halogens is 2. The SMILES string of the molecule is Cc1nc2c(F)cc(-c3nc(Nc4ccc(N5CCN(NC6CCN(c7cccc8c7C(=O)N([C@H]7CCC(=O)NC7=O)C8=O)CC6)CC5)cn4)ncc3F)cc2n1C(C)C. The minimum Gasteiger partial charge on any atom is -0.371 e. The summed E-state index contributed by atoms with van der Waals surface area (Å²) in [5.41, 5.74) is 6.97. The first-order valence-corrected chi connectivity index (χ1v) is 20.2. The maximum Gasteiger partial charge on any atom is 0.264 e. The molecule has 60 heavy (non-hydrogen) atoms. The monoisotopic (exact) mass is 818 g/mol. The molecule has 7 heterocycles. The van der Waals surface area contributed by atoms with Gasteiger partial charge in [-0.2, -0.15) is 0 Å². The number of amides is 4. The van der Waals surface area contributed by atoms with E-state index < -0.39 is 41.3 Å². The molecule has 1 atom stereocenters. The summed E-state index contributed by atoms with van der Waals surface area (Å²) in [7, 11) is 0. The van der Waals surface area contributed by atoms with Gasteiger partial charge in [-0.1, -0.05) is 6.07 Å². The van der Waals surface area contributed by atoms with Gasteiger partial charge >= 0.3 is 0 Å². The maximum atomic E-state index is 15.2. The molecule has 0 saturated carbocycles. The second kappa shape index (κ2) is 15.6. The summed E-state index contributed by atoms with van der Waals surface area (Å²) in [4.78, 5) is 74.0. The van der Waals surface area contributed by atoms with Crippen molar-refractivity contribution in [3.05, 3.63) is 83.4 Å². The molecule has 0 spiro atoms. The number of piperidine rings is 2. The minimum atomic E-state index is -1.00. The average molecular weight is 819 g/mol. The number of hydrogen-bond acceptors (Lipinski definition) is 13. The molecular weight excluding hydrogens is 775 g/mol. The first-order chi connectivity index (χ1) is 28.9. The van der Waals surface area contributed by atoms with Gasteiger partial charge in [0.25, 0.3) is 11.8 Å². The predicted octanol–water partition coefficient (Wildman–Crippen LogP) is 4.50. The molecule has 0 aliphatic carbocycles. The fourth-order valence-corrected chi connectivity index (χ4v) is 8.81. The lowest BCUT2D eigenvalue weighted by molar-refractivity contribution is -0.136. The van der Waals surface area contributed by atoms with Crippen LogP contribution in [0.15, 0.2) is 54.9 Å². The van der Waals surface area contributed by atoms with E-state index in [2.05, 4.69) is 50.8 Å². The third-order valence-corrected chi connectivity index (χ3v) is 11.7. The fraction of sp³-hybridized carbons (Fsp3) is 0.381. The molecule has 0 bridgehead atoms. The molecule has 16 nitrogen and oxygen atoms in total. The molecule has 4 amide bonds. The summed E-state index contributed by atoms with van der Waals surface area (Å²) in [6.07, 6.45) is 4.68. The molecule has 4 aliphatic rings. The van der Waals surface area contributed by atoms with Crippen molar-refractivity contribution in [2.45, 2.75) is 64.6 Å². The van der Waals surface area contributed by atoms with Crippen LogP contribution in [-0.2, 0) is 9.59 Å². The van der Waals surface area contributed by atoms with Crippen molar-refractivity contribution in [1.82, 2.24) is 45.2 Å². The Labute approximate surface area is 343 Å². The number of nitrogens with one attached hydrogen (secondary N) is 3. The summed E-state index contributed by atoms with van der Waals surface area (Å²) >= 11 is 0. The molecule has 3 N–H and O–H groups in total. The second-order valence-corrected chi connectivity index (χ2v) is 15.9. The Hall–Kier alpha value is -6.40. The largest absolute Gasteiger partial charge is 0.371 e. The molecule has 9 rings (SSSR count). The first kappa shape index (κ1) is 39.1. The lowest BCUT2D eigenvalue weighted by atomic mass is 10.0. The highest BCUT2D eigenvalue weighted by Gasteiger charge is 2.46. The number of carbonyl (C=O) groups is 4. The van der Waals surface area contributed by atoms with Crippen LogP contribution in [0.5, 0.6) is 0 Å². The van der Waals surface area contributed by atoms with Crippen LogP contribution in [0.2, 0.25) is 0 Å². The molecule has 0 unspecified atom stereocenters. The highest BCUT2D eigenvalue weighted by molar-refractivity contribution is 6.25. The number of aryl methyl sites for hydroxylation is 1. The quantitative estimate of drug-likeness (QED) is 0.178. The van der Waals surface area contributed by atoms with Crippen LogP contribution in [0.4, 0.5) is 31.9 Å². The number of fused-ring (bicyclic) bond motifs is 2. The van der Waals surface area contributed by atoms with Gasteiger partial charge in [-0.05, 0) is 76.4 Å². The number of hydrazine groups is 1. The van der Waals surface area contributed by atoms with Crippen molar-refractivity contribution < 1.29 is 28.0 Å². The van der Waals surface area contributed by atoms with E-state index in [1.807, 2.05) is 43.5 Å². The summed E-state index contributed by atoms with van der Waals surface area (Å²) in [6, 6.07) is 11.2. The van der Waals surface area contributed by atoms with Crippen LogP contribution in [0.25, 0.3) is 22.3 Å². The maximum absolute atomic E-state index is 15.2. The number of pyridine rings is 1. The summed E-state index contributed by atoms with van der Waals surface area (Å²) in [5, 5.41) is 7.54. The molecule has 3 fully saturated rings. The van der Waals surface area contributed by atoms with E-state index in [1.54, 1.807) is 24.4 Å². The molecule has 310 valence electrons. The smallest absolute Gasteiger partial charge is 0.264 e. The molecule has 3 aromatic heterocycles. The Morgan fingerprint density at radius 3 is 2.33 bits per heavy atom.